The van der Waals surface area contributed by atoms with Gasteiger partial charge in [0.05, 0.1) is 10.6 Å². The molecule has 1 heterocycles. The largest absolute Gasteiger partial charge is 0.371 e. The molecule has 0 saturated carbocycles. The maximum Gasteiger partial charge on any atom is 0.200 e. The summed E-state index contributed by atoms with van der Waals surface area (Å²) in [6.07, 6.45) is 6.75. The number of benzene rings is 1. The van der Waals surface area contributed by atoms with Crippen molar-refractivity contribution >= 4 is 17.5 Å². The zero-order chi connectivity index (χ0) is 13.4. The van der Waals surface area contributed by atoms with E-state index in [0.717, 1.165) is 0 Å². The van der Waals surface area contributed by atoms with Crippen LogP contribution in [0, 0.1) is 6.92 Å². The molecule has 1 N–H and O–H groups in total. The lowest BCUT2D eigenvalue weighted by molar-refractivity contribution is -0.462. The van der Waals surface area contributed by atoms with E-state index >= 15 is 0 Å². The SMILES string of the molecule is Cc1ccc(C2NC3=CC(=[N+](C)C)C=CC3S2)cc1. The van der Waals surface area contributed by atoms with Crippen molar-refractivity contribution in [1.82, 2.24) is 5.32 Å². The highest BCUT2D eigenvalue weighted by atomic mass is 32.2. The molecule has 1 aromatic carbocycles. The van der Waals surface area contributed by atoms with E-state index in [1.54, 1.807) is 0 Å². The highest BCUT2D eigenvalue weighted by Gasteiger charge is 2.31. The number of nitrogens with one attached hydrogen (secondary N) is 1. The summed E-state index contributed by atoms with van der Waals surface area (Å²) in [6, 6.07) is 8.80. The monoisotopic (exact) mass is 271 g/mol. The van der Waals surface area contributed by atoms with E-state index in [4.69, 9.17) is 0 Å². The maximum atomic E-state index is 3.64. The molecule has 0 bridgehead atoms. The minimum absolute atomic E-state index is 0.364. The van der Waals surface area contributed by atoms with Gasteiger partial charge in [0.2, 0.25) is 5.71 Å². The van der Waals surface area contributed by atoms with Crippen molar-refractivity contribution in [3.63, 3.8) is 0 Å². The Bertz CT molecular complexity index is 577. The standard InChI is InChI=1S/C16H18N2S/c1-11-4-6-12(7-5-11)16-17-14-10-13(18(2)3)8-9-15(14)19-16/h4-10,15-16H,1-3H3/p+1. The minimum atomic E-state index is 0.364. The molecule has 1 fully saturated rings. The van der Waals surface area contributed by atoms with Crippen LogP contribution in [0.1, 0.15) is 16.5 Å². The average Bonchev–Trinajstić information content (AvgIpc) is 2.82. The molecule has 2 atom stereocenters. The molecule has 19 heavy (non-hydrogen) atoms. The third kappa shape index (κ3) is 2.47. The fourth-order valence-corrected chi connectivity index (χ4v) is 3.60. The van der Waals surface area contributed by atoms with E-state index in [1.165, 1.54) is 22.5 Å². The molecule has 2 unspecified atom stereocenters. The summed E-state index contributed by atoms with van der Waals surface area (Å²) in [5.74, 6) is 0. The fourth-order valence-electron chi connectivity index (χ4n) is 2.34. The molecule has 1 aliphatic carbocycles. The van der Waals surface area contributed by atoms with Gasteiger partial charge in [-0.3, -0.25) is 0 Å². The summed E-state index contributed by atoms with van der Waals surface area (Å²) < 4.78 is 2.14. The van der Waals surface area contributed by atoms with Crippen LogP contribution in [0.15, 0.2) is 48.2 Å². The van der Waals surface area contributed by atoms with E-state index in [9.17, 15) is 0 Å². The van der Waals surface area contributed by atoms with Gasteiger partial charge in [0, 0.05) is 17.8 Å². The Morgan fingerprint density at radius 1 is 1.16 bits per heavy atom. The van der Waals surface area contributed by atoms with Gasteiger partial charge >= 0.3 is 0 Å². The van der Waals surface area contributed by atoms with Crippen LogP contribution in [0.3, 0.4) is 0 Å². The van der Waals surface area contributed by atoms with Crippen molar-refractivity contribution in [2.75, 3.05) is 14.1 Å². The normalized spacial score (nSPS) is 24.8. The Morgan fingerprint density at radius 2 is 1.89 bits per heavy atom. The molecule has 3 heteroatoms. The van der Waals surface area contributed by atoms with Gasteiger partial charge in [0.15, 0.2) is 0 Å². The number of thioether (sulfide) groups is 1. The number of hydrogen-bond acceptors (Lipinski definition) is 2. The van der Waals surface area contributed by atoms with E-state index in [-0.39, 0.29) is 0 Å². The first-order valence-electron chi connectivity index (χ1n) is 6.56. The van der Waals surface area contributed by atoms with Gasteiger partial charge in [-0.2, -0.15) is 0 Å². The van der Waals surface area contributed by atoms with Gasteiger partial charge in [-0.1, -0.05) is 35.9 Å². The van der Waals surface area contributed by atoms with Crippen LogP contribution in [-0.2, 0) is 0 Å². The molecule has 0 spiro atoms. The number of hydrogen-bond donors (Lipinski definition) is 1. The Balaban J connectivity index is 1.85. The molecule has 2 nitrogen and oxygen atoms in total. The van der Waals surface area contributed by atoms with Gasteiger partial charge in [-0.15, -0.1) is 11.8 Å². The second-order valence-electron chi connectivity index (χ2n) is 5.27. The number of allylic oxidation sites excluding steroid dienone is 2. The van der Waals surface area contributed by atoms with Crippen molar-refractivity contribution in [2.45, 2.75) is 17.5 Å². The lowest BCUT2D eigenvalue weighted by atomic mass is 10.1. The van der Waals surface area contributed by atoms with Crippen molar-refractivity contribution < 1.29 is 4.58 Å². The van der Waals surface area contributed by atoms with Crippen molar-refractivity contribution in [3.05, 3.63) is 59.3 Å². The third-order valence-electron chi connectivity index (χ3n) is 3.53. The first kappa shape index (κ1) is 12.5. The van der Waals surface area contributed by atoms with Crippen LogP contribution >= 0.6 is 11.8 Å². The summed E-state index contributed by atoms with van der Waals surface area (Å²) in [6.45, 7) is 2.13. The Labute approximate surface area is 118 Å². The number of aryl methyl sites for hydroxylation is 1. The average molecular weight is 271 g/mol. The van der Waals surface area contributed by atoms with Crippen LogP contribution in [-0.4, -0.2) is 29.6 Å². The van der Waals surface area contributed by atoms with Gasteiger partial charge in [-0.25, -0.2) is 4.58 Å². The molecule has 0 aromatic heterocycles. The number of rotatable bonds is 1. The van der Waals surface area contributed by atoms with Crippen LogP contribution in [0.2, 0.25) is 0 Å². The summed E-state index contributed by atoms with van der Waals surface area (Å²) in [4.78, 5) is 0. The summed E-state index contributed by atoms with van der Waals surface area (Å²) in [5.41, 5.74) is 5.24. The zero-order valence-electron chi connectivity index (χ0n) is 11.6. The van der Waals surface area contributed by atoms with E-state index in [2.05, 4.69) is 73.4 Å². The van der Waals surface area contributed by atoms with Crippen LogP contribution in [0.25, 0.3) is 0 Å². The zero-order valence-corrected chi connectivity index (χ0v) is 12.4. The Morgan fingerprint density at radius 3 is 2.58 bits per heavy atom. The third-order valence-corrected chi connectivity index (χ3v) is 4.90. The minimum Gasteiger partial charge on any atom is -0.371 e. The first-order valence-corrected chi connectivity index (χ1v) is 7.50. The molecular formula is C16H19N2S+. The molecule has 3 rings (SSSR count). The van der Waals surface area contributed by atoms with E-state index < -0.39 is 0 Å². The molecule has 98 valence electrons. The van der Waals surface area contributed by atoms with Crippen molar-refractivity contribution in [3.8, 4) is 0 Å². The Hall–Kier alpha value is -1.48. The summed E-state index contributed by atoms with van der Waals surface area (Å²) in [5, 5.41) is 4.47. The lowest BCUT2D eigenvalue weighted by Crippen LogP contribution is -2.19. The second-order valence-corrected chi connectivity index (χ2v) is 6.52. The topological polar surface area (TPSA) is 15.0 Å². The fraction of sp³-hybridized carbons (Fsp3) is 0.312. The molecular weight excluding hydrogens is 252 g/mol. The molecule has 1 saturated heterocycles. The van der Waals surface area contributed by atoms with E-state index in [0.29, 0.717) is 10.6 Å². The molecule has 1 aliphatic heterocycles. The first-order chi connectivity index (χ1) is 9.13. The quantitative estimate of drug-likeness (QED) is 0.790. The van der Waals surface area contributed by atoms with Gasteiger partial charge in [0.25, 0.3) is 0 Å². The van der Waals surface area contributed by atoms with Crippen LogP contribution < -0.4 is 5.32 Å². The smallest absolute Gasteiger partial charge is 0.200 e. The maximum absolute atomic E-state index is 3.64. The molecule has 0 amide bonds. The predicted octanol–water partition coefficient (Wildman–Crippen LogP) is 2.87. The van der Waals surface area contributed by atoms with Crippen molar-refractivity contribution in [2.24, 2.45) is 0 Å². The highest BCUT2D eigenvalue weighted by Crippen LogP contribution is 2.41. The summed E-state index contributed by atoms with van der Waals surface area (Å²) >= 11 is 1.97. The molecule has 1 aromatic rings. The van der Waals surface area contributed by atoms with Gasteiger partial charge in [0.1, 0.15) is 14.1 Å². The van der Waals surface area contributed by atoms with Crippen molar-refractivity contribution in [1.29, 1.82) is 0 Å². The van der Waals surface area contributed by atoms with Crippen LogP contribution in [0.5, 0.6) is 0 Å². The molecule has 2 aliphatic rings. The lowest BCUT2D eigenvalue weighted by Gasteiger charge is -2.10. The van der Waals surface area contributed by atoms with Gasteiger partial charge in [-0.05, 0) is 12.5 Å². The highest BCUT2D eigenvalue weighted by molar-refractivity contribution is 8.00. The number of nitrogens with zero attached hydrogens (tertiary/aromatic N) is 1. The van der Waals surface area contributed by atoms with E-state index in [1.807, 2.05) is 11.8 Å². The second kappa shape index (κ2) is 4.89. The Kier molecular flexibility index (Phi) is 3.23. The van der Waals surface area contributed by atoms with Crippen LogP contribution in [0.4, 0.5) is 0 Å². The predicted molar refractivity (Wildman–Crippen MR) is 82.8 cm³/mol. The molecule has 0 radical (unpaired) electrons. The summed E-state index contributed by atoms with van der Waals surface area (Å²) in [7, 11) is 4.16. The number of fused-ring (bicyclic) bond motifs is 1. The van der Waals surface area contributed by atoms with Gasteiger partial charge < -0.3 is 5.32 Å².